The van der Waals surface area contributed by atoms with Crippen molar-refractivity contribution in [2.24, 2.45) is 5.73 Å². The van der Waals surface area contributed by atoms with E-state index in [-0.39, 0.29) is 24.8 Å². The largest absolute Gasteiger partial charge is 0.388 e. The van der Waals surface area contributed by atoms with Crippen molar-refractivity contribution in [3.05, 3.63) is 0 Å². The first kappa shape index (κ1) is 23.1. The van der Waals surface area contributed by atoms with Gasteiger partial charge in [0, 0.05) is 6.42 Å². The van der Waals surface area contributed by atoms with Crippen LogP contribution in [0, 0.1) is 5.41 Å². The molecule has 0 spiro atoms. The average Bonchev–Trinajstić information content (AvgIpc) is 2.20. The third-order valence-electron chi connectivity index (χ3n) is 2.80. The lowest BCUT2D eigenvalue weighted by molar-refractivity contribution is 0.389. The summed E-state index contributed by atoms with van der Waals surface area (Å²) < 4.78 is 0. The Morgan fingerprint density at radius 3 is 1.61 bits per heavy atom. The maximum atomic E-state index is 7.10. The van der Waals surface area contributed by atoms with Crippen LogP contribution in [0.2, 0.25) is 0 Å². The number of nitrogens with two attached hydrogens (primary N) is 1. The van der Waals surface area contributed by atoms with Crippen LogP contribution in [-0.2, 0) is 0 Å². The predicted molar refractivity (Wildman–Crippen MR) is 86.5 cm³/mol. The Bertz CT molecular complexity index is 176. The molecule has 3 nitrogen and oxygen atoms in total. The Balaban J connectivity index is -0.00000112. The van der Waals surface area contributed by atoms with E-state index in [0.717, 1.165) is 12.8 Å². The van der Waals surface area contributed by atoms with E-state index in [1.165, 1.54) is 51.5 Å². The van der Waals surface area contributed by atoms with Gasteiger partial charge in [0.05, 0.1) is 5.84 Å². The second kappa shape index (κ2) is 17.0. The molecule has 0 aliphatic rings. The van der Waals surface area contributed by atoms with Crippen molar-refractivity contribution in [2.45, 2.75) is 57.8 Å². The van der Waals surface area contributed by atoms with E-state index in [2.05, 4.69) is 19.0 Å². The summed E-state index contributed by atoms with van der Waals surface area (Å²) in [6, 6.07) is 0. The van der Waals surface area contributed by atoms with E-state index in [1.54, 1.807) is 0 Å². The van der Waals surface area contributed by atoms with Crippen LogP contribution < -0.4 is 5.73 Å². The van der Waals surface area contributed by atoms with Gasteiger partial charge in [0.1, 0.15) is 0 Å². The summed E-state index contributed by atoms with van der Waals surface area (Å²) in [5.74, 6) is 0.337. The highest BCUT2D eigenvalue weighted by atomic mass is 35.5. The molecular formula is C13H31Cl2N3. The molecular weight excluding hydrogens is 269 g/mol. The fraction of sp³-hybridized carbons (Fsp3) is 0.923. The number of nitrogens with zero attached hydrogens (tertiary/aromatic N) is 1. The molecule has 0 aromatic rings. The normalized spacial score (nSPS) is 9.72. The topological polar surface area (TPSA) is 53.1 Å². The first-order valence-corrected chi connectivity index (χ1v) is 6.60. The molecule has 0 aliphatic heterocycles. The zero-order valence-electron chi connectivity index (χ0n) is 11.9. The quantitative estimate of drug-likeness (QED) is 0.346. The third-order valence-corrected chi connectivity index (χ3v) is 2.80. The molecule has 3 N–H and O–H groups in total. The molecule has 0 unspecified atom stereocenters. The van der Waals surface area contributed by atoms with Crippen molar-refractivity contribution in [3.63, 3.8) is 0 Å². The molecule has 0 bridgehead atoms. The highest BCUT2D eigenvalue weighted by Crippen LogP contribution is 2.09. The summed E-state index contributed by atoms with van der Waals surface area (Å²) in [4.78, 5) is 2.25. The standard InChI is InChI=1S/C13H29N3.2ClH/c1-16(2)12-10-8-6-4-3-5-7-9-11-13(14)15;;/h3-12H2,1-2H3,(H3,14,15);2*1H. The smallest absolute Gasteiger partial charge is 0.0905 e. The van der Waals surface area contributed by atoms with Gasteiger partial charge >= 0.3 is 0 Å². The van der Waals surface area contributed by atoms with Gasteiger partial charge in [0.25, 0.3) is 0 Å². The summed E-state index contributed by atoms with van der Waals surface area (Å²) in [5, 5.41) is 7.10. The zero-order valence-corrected chi connectivity index (χ0v) is 13.5. The molecule has 0 amide bonds. The number of halogens is 2. The predicted octanol–water partition coefficient (Wildman–Crippen LogP) is 3.84. The van der Waals surface area contributed by atoms with Gasteiger partial charge in [-0.3, -0.25) is 5.41 Å². The van der Waals surface area contributed by atoms with Crippen LogP contribution in [0.15, 0.2) is 0 Å². The third kappa shape index (κ3) is 21.3. The first-order valence-electron chi connectivity index (χ1n) is 6.60. The molecule has 0 saturated carbocycles. The van der Waals surface area contributed by atoms with Crippen molar-refractivity contribution in [1.29, 1.82) is 5.41 Å². The van der Waals surface area contributed by atoms with Crippen molar-refractivity contribution < 1.29 is 0 Å². The molecule has 0 fully saturated rings. The Morgan fingerprint density at radius 2 is 1.22 bits per heavy atom. The maximum absolute atomic E-state index is 7.10. The van der Waals surface area contributed by atoms with Crippen molar-refractivity contribution in [3.8, 4) is 0 Å². The van der Waals surface area contributed by atoms with Crippen LogP contribution >= 0.6 is 24.8 Å². The van der Waals surface area contributed by atoms with E-state index in [0.29, 0.717) is 5.84 Å². The summed E-state index contributed by atoms with van der Waals surface area (Å²) in [6.07, 6.45) is 11.2. The molecule has 0 aromatic carbocycles. The Hall–Kier alpha value is 0.01000. The lowest BCUT2D eigenvalue weighted by Crippen LogP contribution is -2.12. The minimum atomic E-state index is 0. The van der Waals surface area contributed by atoms with Gasteiger partial charge in [-0.05, 0) is 33.5 Å². The highest BCUT2D eigenvalue weighted by Gasteiger charge is 1.94. The van der Waals surface area contributed by atoms with E-state index in [4.69, 9.17) is 11.1 Å². The van der Waals surface area contributed by atoms with Crippen molar-refractivity contribution >= 4 is 30.6 Å². The molecule has 0 atom stereocenters. The molecule has 0 aliphatic carbocycles. The Morgan fingerprint density at radius 1 is 0.833 bits per heavy atom. The number of amidine groups is 1. The second-order valence-corrected chi connectivity index (χ2v) is 4.91. The molecule has 0 aromatic heterocycles. The SMILES string of the molecule is CN(C)CCCCCCCCCCC(=N)N.Cl.Cl. The summed E-state index contributed by atoms with van der Waals surface area (Å²) in [7, 11) is 4.27. The number of hydrogen-bond donors (Lipinski definition) is 2. The molecule has 0 heterocycles. The summed E-state index contributed by atoms with van der Waals surface area (Å²) in [5.41, 5.74) is 5.29. The minimum Gasteiger partial charge on any atom is -0.388 e. The molecule has 0 rings (SSSR count). The molecule has 18 heavy (non-hydrogen) atoms. The van der Waals surface area contributed by atoms with Gasteiger partial charge in [-0.2, -0.15) is 0 Å². The Labute approximate surface area is 125 Å². The van der Waals surface area contributed by atoms with Crippen LogP contribution in [0.5, 0.6) is 0 Å². The van der Waals surface area contributed by atoms with Gasteiger partial charge in [-0.15, -0.1) is 24.8 Å². The number of hydrogen-bond acceptors (Lipinski definition) is 2. The molecule has 5 heteroatoms. The molecule has 112 valence electrons. The number of unbranched alkanes of at least 4 members (excludes halogenated alkanes) is 7. The monoisotopic (exact) mass is 299 g/mol. The number of nitrogens with one attached hydrogen (secondary N) is 1. The van der Waals surface area contributed by atoms with Crippen LogP contribution in [0.1, 0.15) is 57.8 Å². The van der Waals surface area contributed by atoms with Gasteiger partial charge in [0.15, 0.2) is 0 Å². The second-order valence-electron chi connectivity index (χ2n) is 4.91. The van der Waals surface area contributed by atoms with Crippen molar-refractivity contribution in [1.82, 2.24) is 4.90 Å². The molecule has 0 saturated heterocycles. The van der Waals surface area contributed by atoms with Crippen LogP contribution in [0.4, 0.5) is 0 Å². The summed E-state index contributed by atoms with van der Waals surface area (Å²) >= 11 is 0. The fourth-order valence-corrected chi connectivity index (χ4v) is 1.80. The summed E-state index contributed by atoms with van der Waals surface area (Å²) in [6.45, 7) is 1.22. The van der Waals surface area contributed by atoms with Crippen LogP contribution in [0.3, 0.4) is 0 Å². The van der Waals surface area contributed by atoms with Gasteiger partial charge in [-0.1, -0.05) is 38.5 Å². The fourth-order valence-electron chi connectivity index (χ4n) is 1.80. The number of rotatable bonds is 11. The first-order chi connectivity index (χ1) is 7.63. The van der Waals surface area contributed by atoms with E-state index in [1.807, 2.05) is 0 Å². The Kier molecular flexibility index (Phi) is 21.9. The van der Waals surface area contributed by atoms with Crippen LogP contribution in [0.25, 0.3) is 0 Å². The van der Waals surface area contributed by atoms with E-state index in [9.17, 15) is 0 Å². The van der Waals surface area contributed by atoms with E-state index >= 15 is 0 Å². The maximum Gasteiger partial charge on any atom is 0.0905 e. The molecule has 0 radical (unpaired) electrons. The van der Waals surface area contributed by atoms with Gasteiger partial charge in [-0.25, -0.2) is 0 Å². The lowest BCUT2D eigenvalue weighted by atomic mass is 10.1. The van der Waals surface area contributed by atoms with Crippen LogP contribution in [-0.4, -0.2) is 31.4 Å². The minimum absolute atomic E-state index is 0. The van der Waals surface area contributed by atoms with E-state index < -0.39 is 0 Å². The highest BCUT2D eigenvalue weighted by molar-refractivity contribution is 5.85. The van der Waals surface area contributed by atoms with Crippen molar-refractivity contribution in [2.75, 3.05) is 20.6 Å². The lowest BCUT2D eigenvalue weighted by Gasteiger charge is -2.08. The average molecular weight is 300 g/mol. The van der Waals surface area contributed by atoms with Gasteiger partial charge in [0.2, 0.25) is 0 Å². The van der Waals surface area contributed by atoms with Gasteiger partial charge < -0.3 is 10.6 Å². The zero-order chi connectivity index (χ0) is 12.2.